The Hall–Kier alpha value is -1.49. The first-order valence-corrected chi connectivity index (χ1v) is 5.79. The molecule has 0 aliphatic rings. The lowest BCUT2D eigenvalue weighted by molar-refractivity contribution is -0.143. The van der Waals surface area contributed by atoms with Crippen LogP contribution in [0.4, 0.5) is 8.78 Å². The SMILES string of the molecule is CCCCC(O)(CC(=O)O)c1cc(F)ccc1F. The standard InChI is InChI=1S/C13H16F2O3/c1-2-3-6-13(18,8-12(16)17)10-7-9(14)4-5-11(10)15/h4-5,7,18H,2-3,6,8H2,1H3,(H,16,17). The second-order valence-corrected chi connectivity index (χ2v) is 4.33. The third kappa shape index (κ3) is 3.50. The summed E-state index contributed by atoms with van der Waals surface area (Å²) in [5.74, 6) is -2.75. The van der Waals surface area contributed by atoms with Crippen LogP contribution in [-0.2, 0) is 10.4 Å². The van der Waals surface area contributed by atoms with Crippen LogP contribution in [0.3, 0.4) is 0 Å². The highest BCUT2D eigenvalue weighted by molar-refractivity contribution is 5.68. The van der Waals surface area contributed by atoms with E-state index in [1.54, 1.807) is 0 Å². The highest BCUT2D eigenvalue weighted by Crippen LogP contribution is 2.33. The molecule has 2 N–H and O–H groups in total. The monoisotopic (exact) mass is 258 g/mol. The number of carboxylic acid groups (broad SMARTS) is 1. The van der Waals surface area contributed by atoms with E-state index >= 15 is 0 Å². The Morgan fingerprint density at radius 2 is 2.06 bits per heavy atom. The van der Waals surface area contributed by atoms with Gasteiger partial charge in [-0.25, -0.2) is 8.78 Å². The molecule has 0 fully saturated rings. The molecule has 5 heteroatoms. The number of carbonyl (C=O) groups is 1. The molecule has 1 atom stereocenters. The van der Waals surface area contributed by atoms with Gasteiger partial charge < -0.3 is 10.2 Å². The van der Waals surface area contributed by atoms with Crippen LogP contribution in [-0.4, -0.2) is 16.2 Å². The van der Waals surface area contributed by atoms with Gasteiger partial charge in [-0.15, -0.1) is 0 Å². The maximum absolute atomic E-state index is 13.6. The number of aliphatic carboxylic acids is 1. The molecule has 0 amide bonds. The molecule has 0 saturated heterocycles. The minimum Gasteiger partial charge on any atom is -0.481 e. The normalized spacial score (nSPS) is 14.2. The average molecular weight is 258 g/mol. The van der Waals surface area contributed by atoms with E-state index in [9.17, 15) is 18.7 Å². The Bertz CT molecular complexity index is 434. The Morgan fingerprint density at radius 3 is 2.61 bits per heavy atom. The molecule has 0 aliphatic carbocycles. The lowest BCUT2D eigenvalue weighted by atomic mass is 9.85. The van der Waals surface area contributed by atoms with Crippen LogP contribution >= 0.6 is 0 Å². The Morgan fingerprint density at radius 1 is 1.39 bits per heavy atom. The fraction of sp³-hybridized carbons (Fsp3) is 0.462. The van der Waals surface area contributed by atoms with E-state index in [2.05, 4.69) is 0 Å². The van der Waals surface area contributed by atoms with Gasteiger partial charge in [0.25, 0.3) is 0 Å². The van der Waals surface area contributed by atoms with Gasteiger partial charge >= 0.3 is 5.97 Å². The zero-order chi connectivity index (χ0) is 13.8. The number of rotatable bonds is 6. The van der Waals surface area contributed by atoms with Gasteiger partial charge in [0.05, 0.1) is 6.42 Å². The molecule has 0 aromatic heterocycles. The summed E-state index contributed by atoms with van der Waals surface area (Å²) in [6, 6.07) is 2.68. The maximum atomic E-state index is 13.6. The maximum Gasteiger partial charge on any atom is 0.306 e. The van der Waals surface area contributed by atoms with Gasteiger partial charge in [0, 0.05) is 5.56 Å². The van der Waals surface area contributed by atoms with Crippen molar-refractivity contribution in [3.63, 3.8) is 0 Å². The summed E-state index contributed by atoms with van der Waals surface area (Å²) in [6.07, 6.45) is 0.683. The Balaban J connectivity index is 3.15. The molecule has 1 unspecified atom stereocenters. The van der Waals surface area contributed by atoms with E-state index in [0.717, 1.165) is 24.6 Å². The summed E-state index contributed by atoms with van der Waals surface area (Å²) >= 11 is 0. The first-order chi connectivity index (χ1) is 8.39. The number of aliphatic hydroxyl groups is 1. The molecule has 0 spiro atoms. The van der Waals surface area contributed by atoms with Crippen molar-refractivity contribution in [2.24, 2.45) is 0 Å². The van der Waals surface area contributed by atoms with Crippen molar-refractivity contribution in [3.05, 3.63) is 35.4 Å². The highest BCUT2D eigenvalue weighted by atomic mass is 19.1. The molecule has 100 valence electrons. The van der Waals surface area contributed by atoms with Crippen molar-refractivity contribution >= 4 is 5.97 Å². The van der Waals surface area contributed by atoms with Crippen molar-refractivity contribution in [2.45, 2.75) is 38.2 Å². The zero-order valence-corrected chi connectivity index (χ0v) is 10.1. The van der Waals surface area contributed by atoms with Crippen LogP contribution in [0.15, 0.2) is 18.2 Å². The zero-order valence-electron chi connectivity index (χ0n) is 10.1. The predicted octanol–water partition coefficient (Wildman–Crippen LogP) is 2.82. The summed E-state index contributed by atoms with van der Waals surface area (Å²) in [7, 11) is 0. The lowest BCUT2D eigenvalue weighted by Gasteiger charge is -2.27. The molecular formula is C13H16F2O3. The van der Waals surface area contributed by atoms with E-state index in [-0.39, 0.29) is 12.0 Å². The Labute approximate surface area is 104 Å². The molecule has 3 nitrogen and oxygen atoms in total. The first-order valence-electron chi connectivity index (χ1n) is 5.79. The van der Waals surface area contributed by atoms with E-state index in [0.29, 0.717) is 6.42 Å². The topological polar surface area (TPSA) is 57.5 Å². The van der Waals surface area contributed by atoms with Gasteiger partial charge in [-0.2, -0.15) is 0 Å². The molecule has 0 heterocycles. The van der Waals surface area contributed by atoms with Gasteiger partial charge in [0.15, 0.2) is 0 Å². The quantitative estimate of drug-likeness (QED) is 0.824. The molecular weight excluding hydrogens is 242 g/mol. The van der Waals surface area contributed by atoms with Crippen molar-refractivity contribution in [2.75, 3.05) is 0 Å². The molecule has 1 rings (SSSR count). The number of carboxylic acids is 1. The van der Waals surface area contributed by atoms with Crippen molar-refractivity contribution in [1.29, 1.82) is 0 Å². The van der Waals surface area contributed by atoms with E-state index in [4.69, 9.17) is 5.11 Å². The lowest BCUT2D eigenvalue weighted by Crippen LogP contribution is -2.30. The third-order valence-electron chi connectivity index (χ3n) is 2.82. The smallest absolute Gasteiger partial charge is 0.306 e. The molecule has 0 bridgehead atoms. The predicted molar refractivity (Wildman–Crippen MR) is 62.0 cm³/mol. The van der Waals surface area contributed by atoms with Crippen LogP contribution < -0.4 is 0 Å². The summed E-state index contributed by atoms with van der Waals surface area (Å²) < 4.78 is 26.7. The molecule has 0 radical (unpaired) electrons. The number of halogens is 2. The summed E-state index contributed by atoms with van der Waals surface area (Å²) in [4.78, 5) is 10.8. The average Bonchev–Trinajstić information content (AvgIpc) is 2.29. The first kappa shape index (κ1) is 14.6. The molecule has 0 aliphatic heterocycles. The highest BCUT2D eigenvalue weighted by Gasteiger charge is 2.34. The second kappa shape index (κ2) is 5.91. The van der Waals surface area contributed by atoms with Gasteiger partial charge in [-0.05, 0) is 24.6 Å². The molecule has 0 saturated carbocycles. The van der Waals surface area contributed by atoms with Crippen LogP contribution in [0.25, 0.3) is 0 Å². The third-order valence-corrected chi connectivity index (χ3v) is 2.82. The summed E-state index contributed by atoms with van der Waals surface area (Å²) in [6.45, 7) is 1.86. The fourth-order valence-electron chi connectivity index (χ4n) is 1.89. The van der Waals surface area contributed by atoms with E-state index in [1.807, 2.05) is 6.92 Å². The van der Waals surface area contributed by atoms with Crippen LogP contribution in [0.1, 0.15) is 38.2 Å². The number of hydrogen-bond acceptors (Lipinski definition) is 2. The Kier molecular flexibility index (Phi) is 4.78. The summed E-state index contributed by atoms with van der Waals surface area (Å²) in [5.41, 5.74) is -2.16. The van der Waals surface area contributed by atoms with Crippen LogP contribution in [0.5, 0.6) is 0 Å². The van der Waals surface area contributed by atoms with E-state index < -0.39 is 29.6 Å². The van der Waals surface area contributed by atoms with Crippen molar-refractivity contribution < 1.29 is 23.8 Å². The minimum atomic E-state index is -1.87. The van der Waals surface area contributed by atoms with Gasteiger partial charge in [-0.1, -0.05) is 19.8 Å². The van der Waals surface area contributed by atoms with Gasteiger partial charge in [-0.3, -0.25) is 4.79 Å². The fourth-order valence-corrected chi connectivity index (χ4v) is 1.89. The molecule has 1 aromatic rings. The minimum absolute atomic E-state index is 0.0795. The number of unbranched alkanes of at least 4 members (excludes halogenated alkanes) is 1. The van der Waals surface area contributed by atoms with Gasteiger partial charge in [0.2, 0.25) is 0 Å². The van der Waals surface area contributed by atoms with Crippen LogP contribution in [0.2, 0.25) is 0 Å². The van der Waals surface area contributed by atoms with Crippen molar-refractivity contribution in [3.8, 4) is 0 Å². The van der Waals surface area contributed by atoms with E-state index in [1.165, 1.54) is 0 Å². The number of benzene rings is 1. The number of hydrogen-bond donors (Lipinski definition) is 2. The van der Waals surface area contributed by atoms with Gasteiger partial charge in [0.1, 0.15) is 17.2 Å². The second-order valence-electron chi connectivity index (χ2n) is 4.33. The molecule has 1 aromatic carbocycles. The largest absolute Gasteiger partial charge is 0.481 e. The van der Waals surface area contributed by atoms with Crippen molar-refractivity contribution in [1.82, 2.24) is 0 Å². The molecule has 18 heavy (non-hydrogen) atoms. The summed E-state index contributed by atoms with van der Waals surface area (Å²) in [5, 5.41) is 19.1. The van der Waals surface area contributed by atoms with Crippen LogP contribution in [0, 0.1) is 11.6 Å².